The predicted molar refractivity (Wildman–Crippen MR) is 63.6 cm³/mol. The minimum absolute atomic E-state index is 0.0761. The quantitative estimate of drug-likeness (QED) is 0.843. The van der Waals surface area contributed by atoms with Gasteiger partial charge >= 0.3 is 6.61 Å². The molecule has 18 heavy (non-hydrogen) atoms. The number of benzene rings is 1. The molecular weight excluding hydrogens is 268 g/mol. The predicted octanol–water partition coefficient (Wildman–Crippen LogP) is 2.86. The lowest BCUT2D eigenvalue weighted by molar-refractivity contribution is -0.115. The summed E-state index contributed by atoms with van der Waals surface area (Å²) in [6.45, 7) is -1.52. The maximum Gasteiger partial charge on any atom is 0.387 e. The van der Waals surface area contributed by atoms with Crippen LogP contribution < -0.4 is 14.8 Å². The highest BCUT2D eigenvalue weighted by atomic mass is 35.5. The number of hydrogen-bond acceptors (Lipinski definition) is 3. The van der Waals surface area contributed by atoms with Crippen molar-refractivity contribution in [3.8, 4) is 11.5 Å². The van der Waals surface area contributed by atoms with Crippen molar-refractivity contribution < 1.29 is 23.0 Å². The molecule has 1 rings (SSSR count). The number of anilines is 1. The number of alkyl halides is 3. The maximum atomic E-state index is 12.2. The van der Waals surface area contributed by atoms with E-state index in [1.165, 1.54) is 32.2 Å². The van der Waals surface area contributed by atoms with E-state index in [1.807, 2.05) is 0 Å². The molecule has 4 nitrogen and oxygen atoms in total. The molecule has 1 unspecified atom stereocenters. The lowest BCUT2D eigenvalue weighted by atomic mass is 10.2. The van der Waals surface area contributed by atoms with Crippen molar-refractivity contribution in [1.82, 2.24) is 0 Å². The first-order valence-corrected chi connectivity index (χ1v) is 5.45. The molecule has 0 aromatic heterocycles. The zero-order valence-electron chi connectivity index (χ0n) is 9.75. The monoisotopic (exact) mass is 279 g/mol. The van der Waals surface area contributed by atoms with E-state index in [4.69, 9.17) is 16.3 Å². The summed E-state index contributed by atoms with van der Waals surface area (Å²) < 4.78 is 33.6. The molecule has 0 heterocycles. The second-order valence-electron chi connectivity index (χ2n) is 3.35. The van der Waals surface area contributed by atoms with E-state index in [9.17, 15) is 13.6 Å². The van der Waals surface area contributed by atoms with Crippen molar-refractivity contribution >= 4 is 23.2 Å². The lowest BCUT2D eigenvalue weighted by Crippen LogP contribution is -2.21. The summed E-state index contributed by atoms with van der Waals surface area (Å²) in [5.74, 6) is -0.283. The van der Waals surface area contributed by atoms with Crippen LogP contribution in [0.5, 0.6) is 11.5 Å². The lowest BCUT2D eigenvalue weighted by Gasteiger charge is -2.13. The van der Waals surface area contributed by atoms with Crippen LogP contribution in [0.3, 0.4) is 0 Å². The summed E-state index contributed by atoms with van der Waals surface area (Å²) in [5.41, 5.74) is 0.0761. The largest absolute Gasteiger partial charge is 0.497 e. The number of halogens is 3. The van der Waals surface area contributed by atoms with Gasteiger partial charge in [-0.1, -0.05) is 0 Å². The minimum atomic E-state index is -2.98. The molecule has 0 aliphatic rings. The molecular formula is C11H12ClF2NO3. The Kier molecular flexibility index (Phi) is 5.15. The van der Waals surface area contributed by atoms with Crippen molar-refractivity contribution in [2.75, 3.05) is 12.4 Å². The molecule has 0 aliphatic carbocycles. The molecule has 0 saturated carbocycles. The van der Waals surface area contributed by atoms with Gasteiger partial charge in [0.25, 0.3) is 0 Å². The third-order valence-electron chi connectivity index (χ3n) is 2.02. The van der Waals surface area contributed by atoms with Gasteiger partial charge in [0.15, 0.2) is 0 Å². The Labute approximate surface area is 108 Å². The van der Waals surface area contributed by atoms with Gasteiger partial charge in [-0.3, -0.25) is 4.79 Å². The number of ether oxygens (including phenoxy) is 2. The summed E-state index contributed by atoms with van der Waals surface area (Å²) in [4.78, 5) is 11.4. The molecule has 7 heteroatoms. The average Bonchev–Trinajstić information content (AvgIpc) is 2.30. The molecule has 0 saturated heterocycles. The van der Waals surface area contributed by atoms with Crippen molar-refractivity contribution in [2.45, 2.75) is 18.9 Å². The molecule has 0 aliphatic heterocycles. The smallest absolute Gasteiger partial charge is 0.387 e. The van der Waals surface area contributed by atoms with Crippen LogP contribution in [0.4, 0.5) is 14.5 Å². The second kappa shape index (κ2) is 6.39. The normalized spacial score (nSPS) is 12.1. The minimum Gasteiger partial charge on any atom is -0.497 e. The third kappa shape index (κ3) is 4.03. The van der Waals surface area contributed by atoms with Gasteiger partial charge in [0.05, 0.1) is 12.8 Å². The topological polar surface area (TPSA) is 47.6 Å². The number of hydrogen-bond donors (Lipinski definition) is 1. The summed E-state index contributed by atoms with van der Waals surface area (Å²) in [5, 5.41) is 1.59. The molecule has 1 N–H and O–H groups in total. The van der Waals surface area contributed by atoms with E-state index in [2.05, 4.69) is 10.1 Å². The molecule has 0 fully saturated rings. The highest BCUT2D eigenvalue weighted by Crippen LogP contribution is 2.30. The Hall–Kier alpha value is -1.56. The van der Waals surface area contributed by atoms with Crippen LogP contribution in [-0.2, 0) is 4.79 Å². The van der Waals surface area contributed by atoms with Gasteiger partial charge < -0.3 is 14.8 Å². The van der Waals surface area contributed by atoms with Gasteiger partial charge in [-0.25, -0.2) is 0 Å². The average molecular weight is 280 g/mol. The highest BCUT2D eigenvalue weighted by Gasteiger charge is 2.15. The van der Waals surface area contributed by atoms with Crippen molar-refractivity contribution in [1.29, 1.82) is 0 Å². The zero-order valence-corrected chi connectivity index (χ0v) is 10.5. The van der Waals surface area contributed by atoms with E-state index >= 15 is 0 Å². The van der Waals surface area contributed by atoms with E-state index in [-0.39, 0.29) is 11.4 Å². The van der Waals surface area contributed by atoms with Gasteiger partial charge in [0.2, 0.25) is 5.91 Å². The fourth-order valence-electron chi connectivity index (χ4n) is 1.16. The van der Waals surface area contributed by atoms with Crippen molar-refractivity contribution in [3.63, 3.8) is 0 Å². The number of rotatable bonds is 5. The van der Waals surface area contributed by atoms with Crippen LogP contribution >= 0.6 is 11.6 Å². The molecule has 0 radical (unpaired) electrons. The molecule has 1 amide bonds. The van der Waals surface area contributed by atoms with E-state index in [0.29, 0.717) is 5.75 Å². The number of carbonyl (C=O) groups is 1. The van der Waals surface area contributed by atoms with Gasteiger partial charge in [-0.2, -0.15) is 8.78 Å². The third-order valence-corrected chi connectivity index (χ3v) is 2.22. The molecule has 100 valence electrons. The van der Waals surface area contributed by atoms with Gasteiger partial charge in [0, 0.05) is 6.07 Å². The van der Waals surface area contributed by atoms with Crippen LogP contribution in [0.25, 0.3) is 0 Å². The number of amides is 1. The zero-order chi connectivity index (χ0) is 13.7. The fourth-order valence-corrected chi connectivity index (χ4v) is 1.22. The Morgan fingerprint density at radius 2 is 2.11 bits per heavy atom. The first-order chi connectivity index (χ1) is 8.43. The Bertz CT molecular complexity index is 427. The van der Waals surface area contributed by atoms with E-state index in [0.717, 1.165) is 0 Å². The van der Waals surface area contributed by atoms with E-state index < -0.39 is 17.9 Å². The SMILES string of the molecule is COc1ccc(OC(F)F)c(NC(=O)C(C)Cl)c1. The fraction of sp³-hybridized carbons (Fsp3) is 0.364. The van der Waals surface area contributed by atoms with Gasteiger partial charge in [-0.05, 0) is 19.1 Å². The van der Waals surface area contributed by atoms with Crippen LogP contribution in [-0.4, -0.2) is 25.0 Å². The second-order valence-corrected chi connectivity index (χ2v) is 4.00. The first kappa shape index (κ1) is 14.5. The number of carbonyl (C=O) groups excluding carboxylic acids is 1. The number of nitrogens with one attached hydrogen (secondary N) is 1. The standard InChI is InChI=1S/C11H12ClF2NO3/c1-6(12)10(16)15-8-5-7(17-2)3-4-9(8)18-11(13)14/h3-6,11H,1-2H3,(H,15,16). The molecule has 1 atom stereocenters. The van der Waals surface area contributed by atoms with Crippen LogP contribution in [0, 0.1) is 0 Å². The summed E-state index contributed by atoms with van der Waals surface area (Å²) in [7, 11) is 1.42. The van der Waals surface area contributed by atoms with Gasteiger partial charge in [-0.15, -0.1) is 11.6 Å². The summed E-state index contributed by atoms with van der Waals surface area (Å²) in [6.07, 6.45) is 0. The Morgan fingerprint density at radius 3 is 2.61 bits per heavy atom. The Balaban J connectivity index is 2.99. The Morgan fingerprint density at radius 1 is 1.44 bits per heavy atom. The highest BCUT2D eigenvalue weighted by molar-refractivity contribution is 6.32. The van der Waals surface area contributed by atoms with Crippen LogP contribution in [0.15, 0.2) is 18.2 Å². The van der Waals surface area contributed by atoms with Crippen molar-refractivity contribution in [3.05, 3.63) is 18.2 Å². The molecule has 0 bridgehead atoms. The van der Waals surface area contributed by atoms with Crippen LogP contribution in [0.1, 0.15) is 6.92 Å². The van der Waals surface area contributed by atoms with E-state index in [1.54, 1.807) is 0 Å². The molecule has 1 aromatic carbocycles. The van der Waals surface area contributed by atoms with Gasteiger partial charge in [0.1, 0.15) is 16.9 Å². The number of methoxy groups -OCH3 is 1. The molecule has 0 spiro atoms. The van der Waals surface area contributed by atoms with Crippen LogP contribution in [0.2, 0.25) is 0 Å². The summed E-state index contributed by atoms with van der Waals surface area (Å²) in [6, 6.07) is 4.09. The maximum absolute atomic E-state index is 12.2. The summed E-state index contributed by atoms with van der Waals surface area (Å²) >= 11 is 5.58. The van der Waals surface area contributed by atoms with Crippen molar-refractivity contribution in [2.24, 2.45) is 0 Å². The molecule has 1 aromatic rings. The first-order valence-electron chi connectivity index (χ1n) is 5.02.